The van der Waals surface area contributed by atoms with Gasteiger partial charge in [-0.15, -0.1) is 0 Å². The van der Waals surface area contributed by atoms with Crippen LogP contribution in [0.5, 0.6) is 0 Å². The first-order chi connectivity index (χ1) is 8.74. The zero-order valence-corrected chi connectivity index (χ0v) is 10.0. The zero-order valence-electron chi connectivity index (χ0n) is 9.20. The van der Waals surface area contributed by atoms with Crippen molar-refractivity contribution in [2.24, 2.45) is 0 Å². The largest absolute Gasteiger partial charge is 0.378 e. The summed E-state index contributed by atoms with van der Waals surface area (Å²) < 4.78 is 0. The van der Waals surface area contributed by atoms with Gasteiger partial charge in [0.2, 0.25) is 0 Å². The minimum absolute atomic E-state index is 0.383. The van der Waals surface area contributed by atoms with Crippen molar-refractivity contribution in [1.82, 2.24) is 9.97 Å². The van der Waals surface area contributed by atoms with Gasteiger partial charge in [-0.05, 0) is 12.1 Å². The Balaban J connectivity index is 1.88. The smallest absolute Gasteiger partial charge is 0.257 e. The van der Waals surface area contributed by atoms with Crippen molar-refractivity contribution < 1.29 is 9.90 Å². The second kappa shape index (κ2) is 4.40. The Morgan fingerprint density at radius 1 is 1.33 bits per heavy atom. The monoisotopic (exact) mass is 259 g/mol. The van der Waals surface area contributed by atoms with Crippen LogP contribution in [0.25, 0.3) is 0 Å². The molecule has 0 radical (unpaired) electrons. The van der Waals surface area contributed by atoms with Gasteiger partial charge in [0.1, 0.15) is 5.03 Å². The lowest BCUT2D eigenvalue weighted by Crippen LogP contribution is -2.10. The van der Waals surface area contributed by atoms with Gasteiger partial charge in [0.15, 0.2) is 6.10 Å². The first-order valence-electron chi connectivity index (χ1n) is 5.31. The molecule has 0 spiro atoms. The number of nitrogens with one attached hydrogen (secondary N) is 1. The maximum absolute atomic E-state index is 11.3. The van der Waals surface area contributed by atoms with E-state index >= 15 is 0 Å². The fourth-order valence-corrected chi connectivity index (χ4v) is 2.53. The van der Waals surface area contributed by atoms with Crippen molar-refractivity contribution in [1.29, 1.82) is 0 Å². The molecule has 0 fully saturated rings. The van der Waals surface area contributed by atoms with Crippen molar-refractivity contribution >= 4 is 23.4 Å². The third kappa shape index (κ3) is 1.96. The predicted octanol–water partition coefficient (Wildman–Crippen LogP) is 1.61. The third-order valence-corrected chi connectivity index (χ3v) is 3.50. The normalized spacial score (nSPS) is 17.4. The average Bonchev–Trinajstić information content (AvgIpc) is 2.66. The summed E-state index contributed by atoms with van der Waals surface area (Å²) in [5, 5.41) is 13.0. The lowest BCUT2D eigenvalue weighted by molar-refractivity contribution is -0.123. The number of fused-ring (bicyclic) bond motifs is 1. The van der Waals surface area contributed by atoms with E-state index in [0.717, 1.165) is 9.92 Å². The third-order valence-electron chi connectivity index (χ3n) is 2.59. The molecule has 2 aromatic rings. The first-order valence-corrected chi connectivity index (χ1v) is 6.12. The van der Waals surface area contributed by atoms with Gasteiger partial charge >= 0.3 is 0 Å². The molecular weight excluding hydrogens is 250 g/mol. The Morgan fingerprint density at radius 3 is 3.00 bits per heavy atom. The van der Waals surface area contributed by atoms with E-state index in [-0.39, 0.29) is 5.91 Å². The molecule has 1 aromatic heterocycles. The van der Waals surface area contributed by atoms with E-state index in [9.17, 15) is 9.90 Å². The minimum Gasteiger partial charge on any atom is -0.378 e. The van der Waals surface area contributed by atoms with Crippen molar-refractivity contribution in [3.8, 4) is 0 Å². The van der Waals surface area contributed by atoms with Crippen LogP contribution in [0.1, 0.15) is 11.7 Å². The highest BCUT2D eigenvalue weighted by atomic mass is 32.2. The minimum atomic E-state index is -1.06. The molecule has 5 nitrogen and oxygen atoms in total. The molecule has 0 saturated carbocycles. The number of anilines is 1. The number of rotatable bonds is 2. The van der Waals surface area contributed by atoms with Gasteiger partial charge in [-0.2, -0.15) is 0 Å². The van der Waals surface area contributed by atoms with Gasteiger partial charge in [0.25, 0.3) is 5.91 Å². The predicted molar refractivity (Wildman–Crippen MR) is 66.2 cm³/mol. The topological polar surface area (TPSA) is 75.1 Å². The molecule has 1 aromatic carbocycles. The number of carbonyl (C=O) groups is 1. The Hall–Kier alpha value is -1.92. The van der Waals surface area contributed by atoms with Crippen molar-refractivity contribution in [3.63, 3.8) is 0 Å². The van der Waals surface area contributed by atoms with Crippen LogP contribution in [-0.2, 0) is 4.79 Å². The summed E-state index contributed by atoms with van der Waals surface area (Å²) >= 11 is 1.45. The molecule has 2 N–H and O–H groups in total. The molecule has 1 aliphatic rings. The molecule has 1 atom stereocenters. The summed E-state index contributed by atoms with van der Waals surface area (Å²) in [5.41, 5.74) is 1.27. The maximum atomic E-state index is 11.3. The number of benzene rings is 1. The van der Waals surface area contributed by atoms with E-state index in [0.29, 0.717) is 11.3 Å². The fraction of sp³-hybridized carbons (Fsp3) is 0.0833. The van der Waals surface area contributed by atoms with E-state index in [1.54, 1.807) is 24.7 Å². The molecule has 90 valence electrons. The lowest BCUT2D eigenvalue weighted by atomic mass is 10.1. The molecule has 0 bridgehead atoms. The van der Waals surface area contributed by atoms with Crippen LogP contribution < -0.4 is 5.32 Å². The molecule has 0 saturated heterocycles. The number of aliphatic hydroxyl groups excluding tert-OH is 1. The SMILES string of the molecule is O=C1Nc2cc(Sc3cnccn3)ccc2C1O. The van der Waals surface area contributed by atoms with Gasteiger partial charge in [0, 0.05) is 28.5 Å². The number of aliphatic hydroxyl groups is 1. The number of hydrogen-bond acceptors (Lipinski definition) is 5. The van der Waals surface area contributed by atoms with Crippen LogP contribution in [0.3, 0.4) is 0 Å². The molecule has 1 aliphatic heterocycles. The molecule has 6 heteroatoms. The van der Waals surface area contributed by atoms with Crippen LogP contribution in [0.2, 0.25) is 0 Å². The zero-order chi connectivity index (χ0) is 12.5. The molecule has 1 amide bonds. The molecule has 3 rings (SSSR count). The summed E-state index contributed by atoms with van der Waals surface area (Å²) in [5.74, 6) is -0.383. The van der Waals surface area contributed by atoms with E-state index < -0.39 is 6.10 Å². The van der Waals surface area contributed by atoms with Crippen molar-refractivity contribution in [3.05, 3.63) is 42.4 Å². The number of amides is 1. The highest BCUT2D eigenvalue weighted by Crippen LogP contribution is 2.35. The molecule has 0 aliphatic carbocycles. The summed E-state index contributed by atoms with van der Waals surface area (Å²) in [6.07, 6.45) is 3.85. The van der Waals surface area contributed by atoms with E-state index in [1.165, 1.54) is 11.8 Å². The highest BCUT2D eigenvalue weighted by molar-refractivity contribution is 7.99. The number of hydrogen-bond donors (Lipinski definition) is 2. The Kier molecular flexibility index (Phi) is 2.73. The maximum Gasteiger partial charge on any atom is 0.257 e. The number of carbonyl (C=O) groups excluding carboxylic acids is 1. The fourth-order valence-electron chi connectivity index (χ4n) is 1.75. The second-order valence-electron chi connectivity index (χ2n) is 3.79. The number of nitrogens with zero attached hydrogens (tertiary/aromatic N) is 2. The van der Waals surface area contributed by atoms with Gasteiger partial charge in [0.05, 0.1) is 6.20 Å². The average molecular weight is 259 g/mol. The summed E-state index contributed by atoms with van der Waals surface area (Å²) in [7, 11) is 0. The molecule has 18 heavy (non-hydrogen) atoms. The van der Waals surface area contributed by atoms with Crippen LogP contribution in [0.15, 0.2) is 46.7 Å². The van der Waals surface area contributed by atoms with Crippen LogP contribution in [-0.4, -0.2) is 21.0 Å². The first kappa shape index (κ1) is 11.2. The Labute approximate surface area is 107 Å². The van der Waals surface area contributed by atoms with Crippen LogP contribution >= 0.6 is 11.8 Å². The lowest BCUT2D eigenvalue weighted by Gasteiger charge is -2.04. The van der Waals surface area contributed by atoms with Crippen LogP contribution in [0.4, 0.5) is 5.69 Å². The number of aromatic nitrogens is 2. The van der Waals surface area contributed by atoms with E-state index in [4.69, 9.17) is 0 Å². The van der Waals surface area contributed by atoms with Crippen molar-refractivity contribution in [2.75, 3.05) is 5.32 Å². The van der Waals surface area contributed by atoms with E-state index in [2.05, 4.69) is 15.3 Å². The standard InChI is InChI=1S/C12H9N3O2S/c16-11-8-2-1-7(5-9(8)15-12(11)17)18-10-6-13-3-4-14-10/h1-6,11,16H,(H,15,17). The molecule has 1 unspecified atom stereocenters. The van der Waals surface area contributed by atoms with Gasteiger partial charge in [-0.25, -0.2) is 4.98 Å². The van der Waals surface area contributed by atoms with Gasteiger partial charge in [-0.1, -0.05) is 17.8 Å². The quantitative estimate of drug-likeness (QED) is 0.857. The van der Waals surface area contributed by atoms with Gasteiger partial charge in [-0.3, -0.25) is 9.78 Å². The summed E-state index contributed by atoms with van der Waals surface area (Å²) in [6.45, 7) is 0. The van der Waals surface area contributed by atoms with Crippen molar-refractivity contribution in [2.45, 2.75) is 16.0 Å². The van der Waals surface area contributed by atoms with Crippen LogP contribution in [0, 0.1) is 0 Å². The molecule has 2 heterocycles. The highest BCUT2D eigenvalue weighted by Gasteiger charge is 2.28. The summed E-state index contributed by atoms with van der Waals surface area (Å²) in [4.78, 5) is 20.4. The van der Waals surface area contributed by atoms with Gasteiger partial charge < -0.3 is 10.4 Å². The Bertz CT molecular complexity index is 604. The summed E-state index contributed by atoms with van der Waals surface area (Å²) in [6, 6.07) is 5.42. The molecular formula is C12H9N3O2S. The van der Waals surface area contributed by atoms with E-state index in [1.807, 2.05) is 12.1 Å². The Morgan fingerprint density at radius 2 is 2.22 bits per heavy atom. The second-order valence-corrected chi connectivity index (χ2v) is 4.88.